The van der Waals surface area contributed by atoms with Crippen LogP contribution in [0.5, 0.6) is 0 Å². The molecule has 0 bridgehead atoms. The second-order valence-electron chi connectivity index (χ2n) is 12.1. The van der Waals surface area contributed by atoms with Crippen LogP contribution in [0, 0.1) is 0 Å². The van der Waals surface area contributed by atoms with E-state index in [1.54, 1.807) is 0 Å². The van der Waals surface area contributed by atoms with Gasteiger partial charge in [0.15, 0.2) is 0 Å². The van der Waals surface area contributed by atoms with Gasteiger partial charge in [0, 0.05) is 5.75 Å². The van der Waals surface area contributed by atoms with Gasteiger partial charge in [0.05, 0.1) is 36.8 Å². The van der Waals surface area contributed by atoms with Gasteiger partial charge in [0.1, 0.15) is 0 Å². The van der Waals surface area contributed by atoms with Gasteiger partial charge in [0.25, 0.3) is 0 Å². The molecular weight excluding hydrogens is 490 g/mol. The molecule has 5 heteroatoms. The van der Waals surface area contributed by atoms with Crippen LogP contribution in [0.25, 0.3) is 0 Å². The number of hydrogen-bond acceptors (Lipinski definition) is 3. The molecule has 0 spiro atoms. The van der Waals surface area contributed by atoms with E-state index in [4.69, 9.17) is 0 Å². The van der Waals surface area contributed by atoms with Gasteiger partial charge in [0.2, 0.25) is 0 Å². The van der Waals surface area contributed by atoms with E-state index in [1.165, 1.54) is 185 Å². The zero-order valence-corrected chi connectivity index (χ0v) is 27.7. The fraction of sp³-hybridized carbons (Fsp3) is 1.00. The van der Waals surface area contributed by atoms with Crippen LogP contribution in [-0.2, 0) is 10.1 Å². The summed E-state index contributed by atoms with van der Waals surface area (Å²) in [5, 5.41) is 0. The predicted molar refractivity (Wildman–Crippen MR) is 169 cm³/mol. The minimum atomic E-state index is -3.91. The van der Waals surface area contributed by atoms with E-state index in [0.29, 0.717) is 0 Å². The predicted octanol–water partition coefficient (Wildman–Crippen LogP) is 10.4. The van der Waals surface area contributed by atoms with Crippen molar-refractivity contribution in [3.63, 3.8) is 0 Å². The molecule has 232 valence electrons. The first kappa shape index (κ1) is 40.0. The normalized spacial score (nSPS) is 11.9. The lowest BCUT2D eigenvalue weighted by atomic mass is 10.1. The Kier molecular flexibility index (Phi) is 31.4. The van der Waals surface area contributed by atoms with Crippen molar-refractivity contribution in [1.82, 2.24) is 0 Å². The third-order valence-corrected chi connectivity index (χ3v) is 8.72. The van der Waals surface area contributed by atoms with Crippen molar-refractivity contribution >= 4 is 10.1 Å². The minimum absolute atomic E-state index is 0.312. The van der Waals surface area contributed by atoms with Crippen LogP contribution in [0.2, 0.25) is 0 Å². The van der Waals surface area contributed by atoms with Gasteiger partial charge in [-0.2, -0.15) is 0 Å². The monoisotopic (exact) mass is 562 g/mol. The van der Waals surface area contributed by atoms with E-state index in [2.05, 4.69) is 27.8 Å². The Balaban J connectivity index is 0. The molecule has 0 aromatic heterocycles. The molecule has 0 heterocycles. The lowest BCUT2D eigenvalue weighted by Crippen LogP contribution is -2.46. The van der Waals surface area contributed by atoms with Gasteiger partial charge in [-0.3, -0.25) is 0 Å². The first-order chi connectivity index (χ1) is 18.2. The van der Waals surface area contributed by atoms with Crippen molar-refractivity contribution in [3.8, 4) is 0 Å². The SMILES string of the molecule is CCCCCCCCCC[N+](C)(CCCCCCCCCC)CCCCCCCCCC.CCS(=O)(=O)[O-]. The quantitative estimate of drug-likeness (QED) is 0.0542. The summed E-state index contributed by atoms with van der Waals surface area (Å²) in [4.78, 5) is 0. The maximum absolute atomic E-state index is 9.44. The van der Waals surface area contributed by atoms with E-state index < -0.39 is 10.1 Å². The molecule has 4 nitrogen and oxygen atoms in total. The number of quaternary nitrogens is 1. The maximum Gasteiger partial charge on any atom is 0.0943 e. The second kappa shape index (κ2) is 29.8. The Bertz CT molecular complexity index is 500. The number of unbranched alkanes of at least 4 members (excludes halogenated alkanes) is 21. The topological polar surface area (TPSA) is 57.2 Å². The minimum Gasteiger partial charge on any atom is -0.748 e. The summed E-state index contributed by atoms with van der Waals surface area (Å²) < 4.78 is 29.7. The zero-order chi connectivity index (χ0) is 28.8. The van der Waals surface area contributed by atoms with Crippen molar-refractivity contribution in [3.05, 3.63) is 0 Å². The lowest BCUT2D eigenvalue weighted by molar-refractivity contribution is -0.910. The van der Waals surface area contributed by atoms with Gasteiger partial charge in [-0.05, 0) is 38.5 Å². The molecule has 0 aromatic rings. The molecule has 0 aliphatic heterocycles. The van der Waals surface area contributed by atoms with Gasteiger partial charge >= 0.3 is 0 Å². The Morgan fingerprint density at radius 2 is 0.605 bits per heavy atom. The van der Waals surface area contributed by atoms with Gasteiger partial charge < -0.3 is 9.04 Å². The van der Waals surface area contributed by atoms with Crippen molar-refractivity contribution in [1.29, 1.82) is 0 Å². The molecule has 0 saturated heterocycles. The van der Waals surface area contributed by atoms with E-state index in [1.807, 2.05) is 0 Å². The van der Waals surface area contributed by atoms with Crippen molar-refractivity contribution < 1.29 is 17.5 Å². The molecule has 0 N–H and O–H groups in total. The fourth-order valence-electron chi connectivity index (χ4n) is 5.22. The van der Waals surface area contributed by atoms with Crippen LogP contribution in [0.1, 0.15) is 182 Å². The lowest BCUT2D eigenvalue weighted by Gasteiger charge is -2.35. The van der Waals surface area contributed by atoms with Crippen molar-refractivity contribution in [2.75, 3.05) is 32.4 Å². The highest BCUT2D eigenvalue weighted by atomic mass is 32.2. The van der Waals surface area contributed by atoms with E-state index >= 15 is 0 Å². The fourth-order valence-corrected chi connectivity index (χ4v) is 5.22. The number of rotatable bonds is 28. The first-order valence-electron chi connectivity index (χ1n) is 17.0. The number of hydrogen-bond donors (Lipinski definition) is 0. The van der Waals surface area contributed by atoms with Gasteiger partial charge in [-0.25, -0.2) is 8.42 Å². The van der Waals surface area contributed by atoms with Crippen molar-refractivity contribution in [2.24, 2.45) is 0 Å². The largest absolute Gasteiger partial charge is 0.748 e. The molecule has 0 rings (SSSR count). The van der Waals surface area contributed by atoms with Crippen LogP contribution in [-0.4, -0.2) is 49.9 Å². The standard InChI is InChI=1S/C31H66N.C2H6O3S/c1-5-8-11-14-17-20-23-26-29-32(4,30-27-24-21-18-15-12-9-6-2)31-28-25-22-19-16-13-10-7-3;1-2-6(3,4)5/h5-31H2,1-4H3;2H2,1H3,(H,3,4,5)/q+1;/p-1. The average Bonchev–Trinajstić information content (AvgIpc) is 2.89. The zero-order valence-electron chi connectivity index (χ0n) is 26.9. The number of nitrogens with zero attached hydrogens (tertiary/aromatic N) is 1. The summed E-state index contributed by atoms with van der Waals surface area (Å²) in [6, 6.07) is 0. The molecular formula is C33H71NO3S. The van der Waals surface area contributed by atoms with Gasteiger partial charge in [-0.1, -0.05) is 143 Å². The maximum atomic E-state index is 9.44. The molecule has 0 radical (unpaired) electrons. The van der Waals surface area contributed by atoms with E-state index in [9.17, 15) is 13.0 Å². The summed E-state index contributed by atoms with van der Waals surface area (Å²) in [6.45, 7) is 12.6. The van der Waals surface area contributed by atoms with E-state index in [-0.39, 0.29) is 5.75 Å². The third-order valence-electron chi connectivity index (χ3n) is 8.01. The van der Waals surface area contributed by atoms with Crippen LogP contribution in [0.15, 0.2) is 0 Å². The molecule has 0 aliphatic carbocycles. The Morgan fingerprint density at radius 3 is 0.789 bits per heavy atom. The first-order valence-corrected chi connectivity index (χ1v) is 18.6. The Hall–Kier alpha value is -0.130. The highest BCUT2D eigenvalue weighted by Crippen LogP contribution is 2.17. The molecule has 0 fully saturated rings. The molecule has 0 saturated carbocycles. The summed E-state index contributed by atoms with van der Waals surface area (Å²) in [7, 11) is -1.32. The van der Waals surface area contributed by atoms with Crippen LogP contribution < -0.4 is 0 Å². The summed E-state index contributed by atoms with van der Waals surface area (Å²) in [5.74, 6) is -0.312. The van der Waals surface area contributed by atoms with E-state index in [0.717, 1.165) is 0 Å². The molecule has 0 unspecified atom stereocenters. The molecule has 0 aliphatic rings. The summed E-state index contributed by atoms with van der Waals surface area (Å²) in [5.41, 5.74) is 0. The summed E-state index contributed by atoms with van der Waals surface area (Å²) >= 11 is 0. The Labute approximate surface area is 241 Å². The molecule has 0 amide bonds. The highest BCUT2D eigenvalue weighted by molar-refractivity contribution is 7.85. The third kappa shape index (κ3) is 33.9. The Morgan fingerprint density at radius 1 is 0.421 bits per heavy atom. The molecule has 0 aromatic carbocycles. The molecule has 0 atom stereocenters. The van der Waals surface area contributed by atoms with Crippen LogP contribution in [0.3, 0.4) is 0 Å². The highest BCUT2D eigenvalue weighted by Gasteiger charge is 2.20. The molecule has 38 heavy (non-hydrogen) atoms. The average molecular weight is 562 g/mol. The van der Waals surface area contributed by atoms with Gasteiger partial charge in [-0.15, -0.1) is 0 Å². The second-order valence-corrected chi connectivity index (χ2v) is 13.8. The van der Waals surface area contributed by atoms with Crippen molar-refractivity contribution in [2.45, 2.75) is 182 Å². The smallest absolute Gasteiger partial charge is 0.0943 e. The van der Waals surface area contributed by atoms with Crippen LogP contribution >= 0.6 is 0 Å². The summed E-state index contributed by atoms with van der Waals surface area (Å²) in [6.07, 6.45) is 34.8. The van der Waals surface area contributed by atoms with Crippen LogP contribution in [0.4, 0.5) is 0 Å².